The van der Waals surface area contributed by atoms with E-state index >= 15 is 0 Å². The van der Waals surface area contributed by atoms with Gasteiger partial charge in [-0.15, -0.1) is 0 Å². The summed E-state index contributed by atoms with van der Waals surface area (Å²) in [5, 5.41) is 0. The van der Waals surface area contributed by atoms with E-state index in [2.05, 4.69) is 26.7 Å². The zero-order chi connectivity index (χ0) is 30.5. The molecule has 5 heterocycles. The van der Waals surface area contributed by atoms with E-state index in [4.69, 9.17) is 15.2 Å². The Morgan fingerprint density at radius 3 is 2.79 bits per heavy atom. The molecule has 2 N–H and O–H groups in total. The second-order valence-electron chi connectivity index (χ2n) is 12.2. The van der Waals surface area contributed by atoms with Gasteiger partial charge in [-0.2, -0.15) is 4.39 Å². The van der Waals surface area contributed by atoms with Crippen molar-refractivity contribution in [2.45, 2.75) is 44.8 Å². The number of nitrogens with zero attached hydrogens (tertiary/aromatic N) is 5. The lowest BCUT2D eigenvalue weighted by Gasteiger charge is -2.49. The third-order valence-electron chi connectivity index (χ3n) is 9.29. The fourth-order valence-corrected chi connectivity index (χ4v) is 6.62. The standard InChI is InChI=1S/C32H37F2N6O3/c1-20-18-43-31-28(34)25(33)13-24-29(31)40(20,3)17-22(30(24)41)16-39(15-21-8-10-36-27(12-21)42-4)32(2)9-5-11-38(19-32)23-6-7-26(35)37-14-23/h6-8,10,12-14,17,20H,5,9,11,15-16,18-19H2,1-4H3,(H2,35,37)/q+1/t20-,32-,40?/m1/s1. The van der Waals surface area contributed by atoms with Crippen LogP contribution in [-0.2, 0) is 6.54 Å². The predicted molar refractivity (Wildman–Crippen MR) is 161 cm³/mol. The summed E-state index contributed by atoms with van der Waals surface area (Å²) in [7, 11) is 3.51. The zero-order valence-electron chi connectivity index (χ0n) is 24.9. The number of likely N-dealkylation sites (N-methyl/N-ethyl adjacent to an activating group) is 1. The van der Waals surface area contributed by atoms with Crippen LogP contribution in [-0.4, -0.2) is 72.6 Å². The average Bonchev–Trinajstić information content (AvgIpc) is 2.99. The number of hydrogen-bond donors (Lipinski definition) is 1. The Bertz CT molecular complexity index is 1600. The summed E-state index contributed by atoms with van der Waals surface area (Å²) in [5.74, 6) is -1.66. The maximum Gasteiger partial charge on any atom is 0.221 e. The van der Waals surface area contributed by atoms with Crippen LogP contribution in [0.2, 0.25) is 0 Å². The summed E-state index contributed by atoms with van der Waals surface area (Å²) in [6.45, 7) is 6.79. The topological polar surface area (TPSA) is 93.8 Å². The molecular formula is C32H37F2N6O3+. The number of hydrogen-bond acceptors (Lipinski definition) is 8. The maximum atomic E-state index is 14.8. The first kappa shape index (κ1) is 29.0. The van der Waals surface area contributed by atoms with Crippen LogP contribution in [0.1, 0.15) is 42.6 Å². The van der Waals surface area contributed by atoms with Crippen LogP contribution in [0.3, 0.4) is 0 Å². The normalized spacial score (nSPS) is 24.8. The Morgan fingerprint density at radius 2 is 2.05 bits per heavy atom. The number of piperidine rings is 1. The van der Waals surface area contributed by atoms with Crippen molar-refractivity contribution in [1.29, 1.82) is 0 Å². The van der Waals surface area contributed by atoms with Gasteiger partial charge in [-0.05, 0) is 56.5 Å². The van der Waals surface area contributed by atoms with Gasteiger partial charge in [-0.3, -0.25) is 14.2 Å². The minimum Gasteiger partial charge on any atom is -0.481 e. The molecule has 3 atom stereocenters. The van der Waals surface area contributed by atoms with E-state index in [0.29, 0.717) is 42.6 Å². The number of aromatic nitrogens is 2. The molecule has 0 bridgehead atoms. The van der Waals surface area contributed by atoms with Gasteiger partial charge in [0.15, 0.2) is 11.5 Å². The molecule has 0 amide bonds. The molecule has 1 saturated heterocycles. The van der Waals surface area contributed by atoms with E-state index in [9.17, 15) is 13.6 Å². The lowest BCUT2D eigenvalue weighted by molar-refractivity contribution is 0.0804. The number of carbonyl (C=O) groups excluding carboxylic acids is 1. The predicted octanol–water partition coefficient (Wildman–Crippen LogP) is 4.71. The first-order valence-corrected chi connectivity index (χ1v) is 14.5. The van der Waals surface area contributed by atoms with Crippen molar-refractivity contribution in [2.75, 3.05) is 51.0 Å². The molecule has 11 heteroatoms. The lowest BCUT2D eigenvalue weighted by atomic mass is 9.86. The van der Waals surface area contributed by atoms with Gasteiger partial charge in [0.2, 0.25) is 23.2 Å². The molecule has 226 valence electrons. The van der Waals surface area contributed by atoms with Crippen molar-refractivity contribution in [3.63, 3.8) is 0 Å². The Morgan fingerprint density at radius 1 is 1.23 bits per heavy atom. The smallest absolute Gasteiger partial charge is 0.221 e. The second kappa shape index (κ2) is 10.9. The van der Waals surface area contributed by atoms with Crippen LogP contribution in [0.4, 0.5) is 26.0 Å². The third kappa shape index (κ3) is 5.10. The first-order valence-electron chi connectivity index (χ1n) is 14.5. The number of halogens is 2. The Balaban J connectivity index is 1.40. The highest BCUT2D eigenvalue weighted by atomic mass is 19.2. The van der Waals surface area contributed by atoms with Crippen LogP contribution >= 0.6 is 0 Å². The largest absolute Gasteiger partial charge is 0.481 e. The lowest BCUT2D eigenvalue weighted by Crippen LogP contribution is -2.59. The molecule has 3 aliphatic rings. The molecule has 2 aromatic heterocycles. The minimum atomic E-state index is -1.09. The fraction of sp³-hybridized carbons (Fsp3) is 0.406. The number of nitrogen functional groups attached to an aromatic ring is 1. The van der Waals surface area contributed by atoms with Crippen molar-refractivity contribution < 1.29 is 23.0 Å². The van der Waals surface area contributed by atoms with E-state index in [-0.39, 0.29) is 39.8 Å². The van der Waals surface area contributed by atoms with E-state index in [1.807, 2.05) is 38.4 Å². The number of nitrogens with two attached hydrogens (primary N) is 1. The number of methoxy groups -OCH3 is 1. The quantitative estimate of drug-likeness (QED) is 0.395. The monoisotopic (exact) mass is 591 g/mol. The molecule has 6 rings (SSSR count). The highest BCUT2D eigenvalue weighted by Gasteiger charge is 2.49. The van der Waals surface area contributed by atoms with Gasteiger partial charge in [0.05, 0.1) is 37.2 Å². The van der Waals surface area contributed by atoms with Crippen LogP contribution in [0.25, 0.3) is 0 Å². The van der Waals surface area contributed by atoms with Gasteiger partial charge in [0.1, 0.15) is 24.7 Å². The number of ketones is 1. The molecule has 1 fully saturated rings. The summed E-state index contributed by atoms with van der Waals surface area (Å²) in [6.07, 6.45) is 7.24. The molecule has 3 aromatic rings. The highest BCUT2D eigenvalue weighted by Crippen LogP contribution is 2.48. The number of anilines is 2. The van der Waals surface area contributed by atoms with Gasteiger partial charge in [-0.25, -0.2) is 14.4 Å². The molecule has 0 spiro atoms. The van der Waals surface area contributed by atoms with Gasteiger partial charge in [0.25, 0.3) is 0 Å². The van der Waals surface area contributed by atoms with E-state index in [1.54, 1.807) is 25.6 Å². The van der Waals surface area contributed by atoms with Gasteiger partial charge < -0.3 is 20.1 Å². The number of pyridine rings is 2. The molecular weight excluding hydrogens is 554 g/mol. The summed E-state index contributed by atoms with van der Waals surface area (Å²) in [6, 6.07) is 8.53. The molecule has 0 radical (unpaired) electrons. The van der Waals surface area contributed by atoms with Crippen LogP contribution in [0.15, 0.2) is 54.5 Å². The molecule has 1 aromatic carbocycles. The summed E-state index contributed by atoms with van der Waals surface area (Å²) in [4.78, 5) is 27.2. The molecule has 43 heavy (non-hydrogen) atoms. The van der Waals surface area contributed by atoms with Gasteiger partial charge >= 0.3 is 0 Å². The molecule has 3 aliphatic heterocycles. The SMILES string of the molecule is COc1cc(CN(CC2=C[N+]3(C)c4c(cc(F)c(F)c4OC[C@H]3C)C2=O)[C@]2(C)CCCN(c3ccc(N)nc3)C2)ccn1. The molecule has 1 unspecified atom stereocenters. The second-order valence-corrected chi connectivity index (χ2v) is 12.2. The number of ether oxygens (including phenoxy) is 2. The van der Waals surface area contributed by atoms with Crippen LogP contribution in [0.5, 0.6) is 11.6 Å². The van der Waals surface area contributed by atoms with Crippen molar-refractivity contribution in [1.82, 2.24) is 19.4 Å². The van der Waals surface area contributed by atoms with Gasteiger partial charge in [-0.1, -0.05) is 0 Å². The summed E-state index contributed by atoms with van der Waals surface area (Å²) in [5.41, 5.74) is 8.52. The Hall–Kier alpha value is -4.09. The number of rotatable bonds is 7. The Labute approximate surface area is 250 Å². The number of benzene rings is 1. The fourth-order valence-electron chi connectivity index (χ4n) is 6.62. The van der Waals surface area contributed by atoms with Crippen molar-refractivity contribution in [2.24, 2.45) is 0 Å². The van der Waals surface area contributed by atoms with Crippen LogP contribution in [0, 0.1) is 11.6 Å². The molecule has 0 aliphatic carbocycles. The van der Waals surface area contributed by atoms with Crippen LogP contribution < -0.4 is 24.6 Å². The van der Waals surface area contributed by atoms with E-state index in [1.165, 1.54) is 0 Å². The highest BCUT2D eigenvalue weighted by molar-refractivity contribution is 6.14. The van der Waals surface area contributed by atoms with E-state index < -0.39 is 11.6 Å². The van der Waals surface area contributed by atoms with Crippen molar-refractivity contribution in [3.8, 4) is 11.6 Å². The van der Waals surface area contributed by atoms with Crippen molar-refractivity contribution >= 4 is 23.0 Å². The minimum absolute atomic E-state index is 0.115. The first-order chi connectivity index (χ1) is 20.5. The summed E-state index contributed by atoms with van der Waals surface area (Å²) < 4.78 is 40.8. The zero-order valence-corrected chi connectivity index (χ0v) is 24.9. The number of quaternary nitrogens is 1. The van der Waals surface area contributed by atoms with Gasteiger partial charge in [0, 0.05) is 44.0 Å². The molecule has 9 nitrogen and oxygen atoms in total. The Kier molecular flexibility index (Phi) is 7.34. The average molecular weight is 592 g/mol. The van der Waals surface area contributed by atoms with Crippen molar-refractivity contribution in [3.05, 3.63) is 77.3 Å². The number of carbonyl (C=O) groups is 1. The molecule has 0 saturated carbocycles. The maximum absolute atomic E-state index is 14.8. The summed E-state index contributed by atoms with van der Waals surface area (Å²) >= 11 is 0. The third-order valence-corrected chi connectivity index (χ3v) is 9.29. The number of Topliss-reactive ketones (excluding diaryl/α,β-unsaturated/α-hetero) is 1. The van der Waals surface area contributed by atoms with E-state index in [0.717, 1.165) is 36.7 Å².